The van der Waals surface area contributed by atoms with Crippen LogP contribution in [-0.4, -0.2) is 17.2 Å². The van der Waals surface area contributed by atoms with E-state index in [-0.39, 0.29) is 11.7 Å². The molecule has 4 heteroatoms. The van der Waals surface area contributed by atoms with E-state index in [9.17, 15) is 9.90 Å². The van der Waals surface area contributed by atoms with Gasteiger partial charge in [0.25, 0.3) is 0 Å². The molecule has 1 N–H and O–H groups in total. The zero-order valence-electron chi connectivity index (χ0n) is 14.3. The second-order valence-electron chi connectivity index (χ2n) is 6.02. The monoisotopic (exact) mass is 344 g/mol. The summed E-state index contributed by atoms with van der Waals surface area (Å²) in [4.78, 5) is 11.7. The molecule has 2 rings (SSSR count). The van der Waals surface area contributed by atoms with Crippen LogP contribution in [0, 0.1) is 13.8 Å². The van der Waals surface area contributed by atoms with E-state index >= 15 is 0 Å². The summed E-state index contributed by atoms with van der Waals surface area (Å²) >= 11 is 6.23. The molecule has 0 bridgehead atoms. The van der Waals surface area contributed by atoms with Gasteiger partial charge in [-0.15, -0.1) is 0 Å². The maximum atomic E-state index is 11.7. The summed E-state index contributed by atoms with van der Waals surface area (Å²) in [6.45, 7) is 7.81. The van der Waals surface area contributed by atoms with Crippen molar-refractivity contribution in [1.82, 2.24) is 0 Å². The van der Waals surface area contributed by atoms with E-state index in [1.807, 2.05) is 45.9 Å². The van der Waals surface area contributed by atoms with Crippen molar-refractivity contribution >= 4 is 29.2 Å². The third-order valence-corrected chi connectivity index (χ3v) is 3.97. The van der Waals surface area contributed by atoms with Crippen LogP contribution in [0.2, 0.25) is 5.02 Å². The largest absolute Gasteiger partial charge is 0.489 e. The van der Waals surface area contributed by atoms with Crippen molar-refractivity contribution < 1.29 is 14.6 Å². The average molecular weight is 345 g/mol. The van der Waals surface area contributed by atoms with Gasteiger partial charge in [-0.25, -0.2) is 4.79 Å². The van der Waals surface area contributed by atoms with Gasteiger partial charge >= 0.3 is 5.97 Å². The van der Waals surface area contributed by atoms with Crippen molar-refractivity contribution in [3.05, 3.63) is 63.7 Å². The van der Waals surface area contributed by atoms with Gasteiger partial charge < -0.3 is 9.84 Å². The molecule has 24 heavy (non-hydrogen) atoms. The topological polar surface area (TPSA) is 46.5 Å². The van der Waals surface area contributed by atoms with Gasteiger partial charge in [0, 0.05) is 0 Å². The highest BCUT2D eigenvalue weighted by atomic mass is 35.5. The number of carboxylic acids is 1. The van der Waals surface area contributed by atoms with E-state index in [4.69, 9.17) is 16.3 Å². The first-order valence-corrected chi connectivity index (χ1v) is 8.14. The first kappa shape index (κ1) is 18.1. The van der Waals surface area contributed by atoms with Crippen LogP contribution in [0.25, 0.3) is 11.6 Å². The molecular weight excluding hydrogens is 324 g/mol. The highest BCUT2D eigenvalue weighted by Crippen LogP contribution is 2.29. The Balaban J connectivity index is 2.42. The Morgan fingerprint density at radius 3 is 2.38 bits per heavy atom. The van der Waals surface area contributed by atoms with Crippen LogP contribution in [0.4, 0.5) is 0 Å². The molecule has 0 saturated carbocycles. The van der Waals surface area contributed by atoms with Gasteiger partial charge in [-0.1, -0.05) is 35.9 Å². The van der Waals surface area contributed by atoms with Crippen LogP contribution in [0.5, 0.6) is 5.75 Å². The zero-order chi connectivity index (χ0) is 17.9. The smallest absolute Gasteiger partial charge is 0.336 e. The van der Waals surface area contributed by atoms with Crippen LogP contribution in [0.15, 0.2) is 36.4 Å². The van der Waals surface area contributed by atoms with Crippen LogP contribution < -0.4 is 4.74 Å². The molecule has 2 aromatic carbocycles. The Labute approximate surface area is 147 Å². The Morgan fingerprint density at radius 1 is 1.12 bits per heavy atom. The highest BCUT2D eigenvalue weighted by molar-refractivity contribution is 6.32. The lowest BCUT2D eigenvalue weighted by molar-refractivity contribution is -0.130. The standard InChI is InChI=1S/C20H21ClO3/c1-12(2)24-19-8-6-15(11-18(19)21)10-17(20(22)23)16-7-5-13(3)14(4)9-16/h5-12H,1-4H3,(H,22,23)/b17-10-. The number of carboxylic acid groups (broad SMARTS) is 1. The summed E-state index contributed by atoms with van der Waals surface area (Å²) < 4.78 is 5.60. The summed E-state index contributed by atoms with van der Waals surface area (Å²) in [7, 11) is 0. The van der Waals surface area contributed by atoms with Crippen molar-refractivity contribution in [2.24, 2.45) is 0 Å². The minimum absolute atomic E-state index is 0.0222. The number of benzene rings is 2. The molecule has 0 spiro atoms. The van der Waals surface area contributed by atoms with E-state index in [1.165, 1.54) is 0 Å². The fraction of sp³-hybridized carbons (Fsp3) is 0.250. The van der Waals surface area contributed by atoms with Crippen molar-refractivity contribution in [1.29, 1.82) is 0 Å². The average Bonchev–Trinajstić information content (AvgIpc) is 2.49. The van der Waals surface area contributed by atoms with E-state index in [0.29, 0.717) is 21.9 Å². The maximum absolute atomic E-state index is 11.7. The van der Waals surface area contributed by atoms with Gasteiger partial charge in [0.2, 0.25) is 0 Å². The lowest BCUT2D eigenvalue weighted by Gasteiger charge is -2.12. The predicted molar refractivity (Wildman–Crippen MR) is 98.6 cm³/mol. The summed E-state index contributed by atoms with van der Waals surface area (Å²) in [6, 6.07) is 10.9. The number of hydrogen-bond donors (Lipinski definition) is 1. The van der Waals surface area contributed by atoms with Gasteiger partial charge in [0.05, 0.1) is 16.7 Å². The third kappa shape index (κ3) is 4.39. The van der Waals surface area contributed by atoms with Gasteiger partial charge in [-0.05, 0) is 68.2 Å². The molecule has 126 valence electrons. The van der Waals surface area contributed by atoms with Gasteiger partial charge in [0.15, 0.2) is 0 Å². The number of hydrogen-bond acceptors (Lipinski definition) is 2. The predicted octanol–water partition coefficient (Wildman–Crippen LogP) is 5.37. The molecule has 0 aromatic heterocycles. The van der Waals surface area contributed by atoms with Gasteiger partial charge in [0.1, 0.15) is 5.75 Å². The lowest BCUT2D eigenvalue weighted by Crippen LogP contribution is -2.05. The van der Waals surface area contributed by atoms with E-state index < -0.39 is 5.97 Å². The second-order valence-corrected chi connectivity index (χ2v) is 6.43. The summed E-state index contributed by atoms with van der Waals surface area (Å²) in [5.74, 6) is -0.385. The molecule has 0 radical (unpaired) electrons. The normalized spacial score (nSPS) is 11.7. The molecule has 0 aliphatic heterocycles. The molecule has 0 aliphatic carbocycles. The third-order valence-electron chi connectivity index (χ3n) is 3.68. The first-order chi connectivity index (χ1) is 11.3. The second kappa shape index (κ2) is 7.54. The van der Waals surface area contributed by atoms with Crippen molar-refractivity contribution in [2.45, 2.75) is 33.8 Å². The van der Waals surface area contributed by atoms with Crippen LogP contribution >= 0.6 is 11.6 Å². The fourth-order valence-electron chi connectivity index (χ4n) is 2.30. The number of aliphatic carboxylic acids is 1. The van der Waals surface area contributed by atoms with Crippen LogP contribution in [0.3, 0.4) is 0 Å². The minimum atomic E-state index is -0.975. The quantitative estimate of drug-likeness (QED) is 0.586. The van der Waals surface area contributed by atoms with Gasteiger partial charge in [-0.2, -0.15) is 0 Å². The Morgan fingerprint density at radius 2 is 1.83 bits per heavy atom. The van der Waals surface area contributed by atoms with E-state index in [0.717, 1.165) is 11.1 Å². The van der Waals surface area contributed by atoms with Crippen molar-refractivity contribution in [3.63, 3.8) is 0 Å². The summed E-state index contributed by atoms with van der Waals surface area (Å²) in [5, 5.41) is 10.0. The fourth-order valence-corrected chi connectivity index (χ4v) is 2.53. The minimum Gasteiger partial charge on any atom is -0.489 e. The first-order valence-electron chi connectivity index (χ1n) is 7.76. The summed E-state index contributed by atoms with van der Waals surface area (Å²) in [6.07, 6.45) is 1.64. The number of halogens is 1. The molecule has 0 atom stereocenters. The van der Waals surface area contributed by atoms with Crippen molar-refractivity contribution in [2.75, 3.05) is 0 Å². The zero-order valence-corrected chi connectivity index (χ0v) is 15.0. The van der Waals surface area contributed by atoms with Gasteiger partial charge in [-0.3, -0.25) is 0 Å². The Bertz CT molecular complexity index is 791. The Hall–Kier alpha value is -2.26. The summed E-state index contributed by atoms with van der Waals surface area (Å²) in [5.41, 5.74) is 3.79. The van der Waals surface area contributed by atoms with E-state index in [1.54, 1.807) is 24.3 Å². The van der Waals surface area contributed by atoms with E-state index in [2.05, 4.69) is 0 Å². The SMILES string of the molecule is Cc1ccc(/C(=C/c2ccc(OC(C)C)c(Cl)c2)C(=O)O)cc1C. The number of ether oxygens (including phenoxy) is 1. The Kier molecular flexibility index (Phi) is 5.68. The molecule has 0 unspecified atom stereocenters. The molecular formula is C20H21ClO3. The van der Waals surface area contributed by atoms with Crippen molar-refractivity contribution in [3.8, 4) is 5.75 Å². The molecule has 0 heterocycles. The highest BCUT2D eigenvalue weighted by Gasteiger charge is 2.12. The molecule has 0 aliphatic rings. The molecule has 2 aromatic rings. The molecule has 0 fully saturated rings. The molecule has 3 nitrogen and oxygen atoms in total. The number of rotatable bonds is 5. The molecule has 0 amide bonds. The van der Waals surface area contributed by atoms with Crippen LogP contribution in [0.1, 0.15) is 36.1 Å². The lowest BCUT2D eigenvalue weighted by atomic mass is 9.98. The number of carbonyl (C=O) groups is 1. The number of aryl methyl sites for hydroxylation is 2. The maximum Gasteiger partial charge on any atom is 0.336 e. The van der Waals surface area contributed by atoms with Crippen LogP contribution in [-0.2, 0) is 4.79 Å². The molecule has 0 saturated heterocycles.